The van der Waals surface area contributed by atoms with E-state index < -0.39 is 0 Å². The molecule has 0 bridgehead atoms. The van der Waals surface area contributed by atoms with E-state index in [0.717, 1.165) is 12.1 Å². The SMILES string of the molecule is COc1ccc(CN(C)C(C)C)c(Cl)c1Cl. The fourth-order valence-electron chi connectivity index (χ4n) is 1.30. The number of hydrogen-bond acceptors (Lipinski definition) is 2. The number of ether oxygens (including phenoxy) is 1. The van der Waals surface area contributed by atoms with Gasteiger partial charge in [-0.05, 0) is 32.5 Å². The lowest BCUT2D eigenvalue weighted by atomic mass is 10.2. The molecule has 2 nitrogen and oxygen atoms in total. The fraction of sp³-hybridized carbons (Fsp3) is 0.500. The average molecular weight is 262 g/mol. The van der Waals surface area contributed by atoms with Crippen molar-refractivity contribution in [2.75, 3.05) is 14.2 Å². The van der Waals surface area contributed by atoms with E-state index >= 15 is 0 Å². The summed E-state index contributed by atoms with van der Waals surface area (Å²) in [5.74, 6) is 0.614. The molecule has 0 aliphatic carbocycles. The largest absolute Gasteiger partial charge is 0.495 e. The first-order valence-electron chi connectivity index (χ1n) is 5.18. The third kappa shape index (κ3) is 3.03. The Kier molecular flexibility index (Phi) is 4.90. The highest BCUT2D eigenvalue weighted by molar-refractivity contribution is 6.43. The minimum atomic E-state index is 0.469. The van der Waals surface area contributed by atoms with E-state index in [1.54, 1.807) is 7.11 Å². The molecular weight excluding hydrogens is 245 g/mol. The van der Waals surface area contributed by atoms with Crippen LogP contribution in [0.3, 0.4) is 0 Å². The molecule has 0 spiro atoms. The maximum Gasteiger partial charge on any atom is 0.138 e. The molecule has 0 saturated carbocycles. The Hall–Kier alpha value is -0.440. The topological polar surface area (TPSA) is 12.5 Å². The predicted octanol–water partition coefficient (Wildman–Crippen LogP) is 3.84. The number of nitrogens with zero attached hydrogens (tertiary/aromatic N) is 1. The van der Waals surface area contributed by atoms with Gasteiger partial charge in [0.05, 0.1) is 12.1 Å². The lowest BCUT2D eigenvalue weighted by Crippen LogP contribution is -2.25. The van der Waals surface area contributed by atoms with Crippen LogP contribution in [0.1, 0.15) is 19.4 Å². The molecule has 0 atom stereocenters. The van der Waals surface area contributed by atoms with Crippen LogP contribution in [0.4, 0.5) is 0 Å². The van der Waals surface area contributed by atoms with E-state index in [2.05, 4.69) is 25.8 Å². The third-order valence-electron chi connectivity index (χ3n) is 2.65. The molecule has 90 valence electrons. The lowest BCUT2D eigenvalue weighted by molar-refractivity contribution is 0.266. The Morgan fingerprint density at radius 1 is 1.25 bits per heavy atom. The van der Waals surface area contributed by atoms with Crippen LogP contribution in [0, 0.1) is 0 Å². The molecule has 0 aliphatic rings. The first kappa shape index (κ1) is 13.6. The first-order valence-corrected chi connectivity index (χ1v) is 5.94. The van der Waals surface area contributed by atoms with Crippen LogP contribution < -0.4 is 4.74 Å². The van der Waals surface area contributed by atoms with Gasteiger partial charge >= 0.3 is 0 Å². The summed E-state index contributed by atoms with van der Waals surface area (Å²) in [5.41, 5.74) is 1.02. The molecule has 0 aromatic heterocycles. The molecule has 0 amide bonds. The van der Waals surface area contributed by atoms with E-state index in [0.29, 0.717) is 21.8 Å². The van der Waals surface area contributed by atoms with Gasteiger partial charge in [0.25, 0.3) is 0 Å². The molecular formula is C12H17Cl2NO. The highest BCUT2D eigenvalue weighted by Gasteiger charge is 2.12. The molecule has 0 saturated heterocycles. The zero-order valence-corrected chi connectivity index (χ0v) is 11.6. The fourth-order valence-corrected chi connectivity index (χ4v) is 1.78. The lowest BCUT2D eigenvalue weighted by Gasteiger charge is -2.22. The van der Waals surface area contributed by atoms with E-state index in [9.17, 15) is 0 Å². The number of benzene rings is 1. The van der Waals surface area contributed by atoms with Gasteiger partial charge in [-0.25, -0.2) is 0 Å². The van der Waals surface area contributed by atoms with Crippen molar-refractivity contribution in [1.29, 1.82) is 0 Å². The smallest absolute Gasteiger partial charge is 0.138 e. The van der Waals surface area contributed by atoms with E-state index in [-0.39, 0.29) is 0 Å². The Morgan fingerprint density at radius 3 is 2.38 bits per heavy atom. The summed E-state index contributed by atoms with van der Waals surface area (Å²) in [4.78, 5) is 2.20. The van der Waals surface area contributed by atoms with Crippen molar-refractivity contribution in [3.8, 4) is 5.75 Å². The summed E-state index contributed by atoms with van der Waals surface area (Å²) < 4.78 is 5.10. The molecule has 0 aliphatic heterocycles. The minimum Gasteiger partial charge on any atom is -0.495 e. The van der Waals surface area contributed by atoms with Gasteiger partial charge in [-0.15, -0.1) is 0 Å². The van der Waals surface area contributed by atoms with Crippen molar-refractivity contribution in [2.24, 2.45) is 0 Å². The maximum absolute atomic E-state index is 6.19. The highest BCUT2D eigenvalue weighted by atomic mass is 35.5. The van der Waals surface area contributed by atoms with Gasteiger partial charge in [-0.2, -0.15) is 0 Å². The summed E-state index contributed by atoms with van der Waals surface area (Å²) in [6.07, 6.45) is 0. The molecule has 0 N–H and O–H groups in total. The van der Waals surface area contributed by atoms with Gasteiger partial charge in [-0.1, -0.05) is 29.3 Å². The normalized spacial score (nSPS) is 11.2. The number of halogens is 2. The molecule has 0 unspecified atom stereocenters. The molecule has 4 heteroatoms. The Labute approximate surface area is 107 Å². The van der Waals surface area contributed by atoms with Gasteiger partial charge in [0.15, 0.2) is 0 Å². The molecule has 1 aromatic rings. The highest BCUT2D eigenvalue weighted by Crippen LogP contribution is 2.34. The van der Waals surface area contributed by atoms with Crippen LogP contribution in [0.25, 0.3) is 0 Å². The van der Waals surface area contributed by atoms with Crippen molar-refractivity contribution < 1.29 is 4.74 Å². The van der Waals surface area contributed by atoms with Gasteiger partial charge < -0.3 is 4.74 Å². The van der Waals surface area contributed by atoms with Crippen molar-refractivity contribution in [3.05, 3.63) is 27.7 Å². The summed E-state index contributed by atoms with van der Waals surface area (Å²) in [6.45, 7) is 5.05. The predicted molar refractivity (Wildman–Crippen MR) is 69.6 cm³/mol. The van der Waals surface area contributed by atoms with Gasteiger partial charge in [0.2, 0.25) is 0 Å². The zero-order valence-electron chi connectivity index (χ0n) is 10.1. The standard InChI is InChI=1S/C12H17Cl2NO/c1-8(2)15(3)7-9-5-6-10(16-4)12(14)11(9)13/h5-6,8H,7H2,1-4H3. The van der Waals surface area contributed by atoms with Gasteiger partial charge in [0.1, 0.15) is 10.8 Å². The summed E-state index contributed by atoms with van der Waals surface area (Å²) in [7, 11) is 3.64. The zero-order chi connectivity index (χ0) is 12.3. The molecule has 0 heterocycles. The minimum absolute atomic E-state index is 0.469. The summed E-state index contributed by atoms with van der Waals surface area (Å²) >= 11 is 12.3. The number of hydrogen-bond donors (Lipinski definition) is 0. The van der Waals surface area contributed by atoms with Crippen molar-refractivity contribution in [3.63, 3.8) is 0 Å². The van der Waals surface area contributed by atoms with Crippen LogP contribution in [0.15, 0.2) is 12.1 Å². The van der Waals surface area contributed by atoms with Crippen LogP contribution >= 0.6 is 23.2 Å². The maximum atomic E-state index is 6.19. The Morgan fingerprint density at radius 2 is 1.88 bits per heavy atom. The Bertz CT molecular complexity index is 366. The number of methoxy groups -OCH3 is 1. The molecule has 1 rings (SSSR count). The average Bonchev–Trinajstić information content (AvgIpc) is 2.25. The van der Waals surface area contributed by atoms with Crippen LogP contribution in [0.5, 0.6) is 5.75 Å². The second kappa shape index (κ2) is 5.76. The molecule has 0 fully saturated rings. The number of rotatable bonds is 4. The molecule has 0 radical (unpaired) electrons. The van der Waals surface area contributed by atoms with Crippen LogP contribution in [-0.4, -0.2) is 25.1 Å². The monoisotopic (exact) mass is 261 g/mol. The van der Waals surface area contributed by atoms with Gasteiger partial charge in [-0.3, -0.25) is 4.90 Å². The van der Waals surface area contributed by atoms with Crippen molar-refractivity contribution in [2.45, 2.75) is 26.4 Å². The van der Waals surface area contributed by atoms with Crippen LogP contribution in [-0.2, 0) is 6.54 Å². The quantitative estimate of drug-likeness (QED) is 0.817. The van der Waals surface area contributed by atoms with E-state index in [1.807, 2.05) is 12.1 Å². The first-order chi connectivity index (χ1) is 7.47. The second-order valence-corrected chi connectivity index (χ2v) is 4.82. The second-order valence-electron chi connectivity index (χ2n) is 4.06. The van der Waals surface area contributed by atoms with Crippen molar-refractivity contribution in [1.82, 2.24) is 4.90 Å². The molecule has 1 aromatic carbocycles. The van der Waals surface area contributed by atoms with Crippen LogP contribution in [0.2, 0.25) is 10.0 Å². The third-order valence-corrected chi connectivity index (χ3v) is 3.55. The summed E-state index contributed by atoms with van der Waals surface area (Å²) in [5, 5.41) is 1.06. The van der Waals surface area contributed by atoms with E-state index in [1.165, 1.54) is 0 Å². The Balaban J connectivity index is 2.95. The van der Waals surface area contributed by atoms with Crippen molar-refractivity contribution >= 4 is 23.2 Å². The summed E-state index contributed by atoms with van der Waals surface area (Å²) in [6, 6.07) is 4.26. The van der Waals surface area contributed by atoms with E-state index in [4.69, 9.17) is 27.9 Å². The van der Waals surface area contributed by atoms with Gasteiger partial charge in [0, 0.05) is 12.6 Å². The molecule has 16 heavy (non-hydrogen) atoms.